The molecule has 31 heavy (non-hydrogen) atoms. The number of pyridine rings is 1. The SMILES string of the molecule is COC(=O)c1c(C(=O)OC)c2c(Br)cc3ccccc3n2c1C(=O)c1ccc(F)cc1. The Morgan fingerprint density at radius 3 is 2.16 bits per heavy atom. The molecule has 156 valence electrons. The van der Waals surface area contributed by atoms with E-state index < -0.39 is 23.5 Å². The van der Waals surface area contributed by atoms with Crippen molar-refractivity contribution in [3.05, 3.63) is 87.3 Å². The molecular weight excluding hydrogens is 469 g/mol. The highest BCUT2D eigenvalue weighted by molar-refractivity contribution is 9.10. The van der Waals surface area contributed by atoms with Crippen LogP contribution in [0.1, 0.15) is 36.8 Å². The maximum absolute atomic E-state index is 13.6. The number of fused-ring (bicyclic) bond motifs is 3. The van der Waals surface area contributed by atoms with Crippen LogP contribution in [0, 0.1) is 5.82 Å². The zero-order valence-electron chi connectivity index (χ0n) is 16.4. The summed E-state index contributed by atoms with van der Waals surface area (Å²) in [4.78, 5) is 39.1. The van der Waals surface area contributed by atoms with Crippen LogP contribution in [-0.2, 0) is 9.47 Å². The summed E-state index contributed by atoms with van der Waals surface area (Å²) in [5.41, 5.74) is 0.624. The first-order chi connectivity index (χ1) is 14.9. The summed E-state index contributed by atoms with van der Waals surface area (Å²) >= 11 is 3.46. The number of ketones is 1. The van der Waals surface area contributed by atoms with Crippen LogP contribution >= 0.6 is 15.9 Å². The molecular formula is C23H15BrFNO5. The maximum atomic E-state index is 13.6. The molecule has 6 nitrogen and oxygen atoms in total. The molecule has 0 bridgehead atoms. The third kappa shape index (κ3) is 3.29. The van der Waals surface area contributed by atoms with Gasteiger partial charge in [-0.05, 0) is 57.7 Å². The van der Waals surface area contributed by atoms with Gasteiger partial charge in [-0.15, -0.1) is 0 Å². The highest BCUT2D eigenvalue weighted by atomic mass is 79.9. The van der Waals surface area contributed by atoms with E-state index in [1.165, 1.54) is 23.6 Å². The van der Waals surface area contributed by atoms with Crippen molar-refractivity contribution in [3.8, 4) is 0 Å². The molecule has 0 saturated carbocycles. The number of halogens is 2. The topological polar surface area (TPSA) is 74.1 Å². The van der Waals surface area contributed by atoms with Crippen LogP contribution in [0.15, 0.2) is 59.1 Å². The number of methoxy groups -OCH3 is 2. The zero-order chi connectivity index (χ0) is 22.3. The molecule has 0 N–H and O–H groups in total. The van der Waals surface area contributed by atoms with Crippen molar-refractivity contribution >= 4 is 50.1 Å². The van der Waals surface area contributed by atoms with Crippen molar-refractivity contribution in [2.24, 2.45) is 0 Å². The van der Waals surface area contributed by atoms with Gasteiger partial charge in [0.25, 0.3) is 0 Å². The number of hydrogen-bond donors (Lipinski definition) is 0. The van der Waals surface area contributed by atoms with Gasteiger partial charge in [-0.1, -0.05) is 18.2 Å². The number of esters is 2. The number of benzene rings is 2. The number of carbonyl (C=O) groups excluding carboxylic acids is 3. The second kappa shape index (κ2) is 7.96. The molecule has 0 atom stereocenters. The van der Waals surface area contributed by atoms with Gasteiger partial charge in [-0.3, -0.25) is 4.79 Å². The van der Waals surface area contributed by atoms with Crippen molar-refractivity contribution in [1.82, 2.24) is 4.40 Å². The van der Waals surface area contributed by atoms with E-state index in [-0.39, 0.29) is 27.9 Å². The molecule has 2 heterocycles. The quantitative estimate of drug-likeness (QED) is 0.308. The van der Waals surface area contributed by atoms with Gasteiger partial charge in [-0.25, -0.2) is 14.0 Å². The minimum Gasteiger partial charge on any atom is -0.465 e. The standard InChI is InChI=1S/C23H15BrFNO5/c1-30-22(28)17-18(23(29)31-2)20(21(27)12-7-9-14(25)10-8-12)26-16-6-4-3-5-13(16)11-15(24)19(17)26/h3-11H,1-2H3. The lowest BCUT2D eigenvalue weighted by Gasteiger charge is -2.10. The molecule has 4 rings (SSSR count). The fourth-order valence-electron chi connectivity index (χ4n) is 3.61. The van der Waals surface area contributed by atoms with Crippen LogP contribution in [-0.4, -0.2) is 36.3 Å². The predicted octanol–water partition coefficient (Wildman–Crippen LogP) is 4.80. The number of carbonyl (C=O) groups is 3. The highest BCUT2D eigenvalue weighted by Crippen LogP contribution is 2.36. The molecule has 0 radical (unpaired) electrons. The Balaban J connectivity index is 2.24. The molecule has 0 spiro atoms. The summed E-state index contributed by atoms with van der Waals surface area (Å²) in [5, 5.41) is 0.762. The lowest BCUT2D eigenvalue weighted by atomic mass is 10.0. The van der Waals surface area contributed by atoms with E-state index in [1.807, 2.05) is 12.1 Å². The molecule has 0 amide bonds. The molecule has 0 aliphatic heterocycles. The number of ether oxygens (including phenoxy) is 2. The fraction of sp³-hybridized carbons (Fsp3) is 0.0870. The number of nitrogens with zero attached hydrogens (tertiary/aromatic N) is 1. The lowest BCUT2D eigenvalue weighted by molar-refractivity contribution is 0.0556. The number of aromatic nitrogens is 1. The summed E-state index contributed by atoms with van der Waals surface area (Å²) in [5.74, 6) is -2.75. The number of para-hydroxylation sites is 1. The monoisotopic (exact) mass is 483 g/mol. The summed E-state index contributed by atoms with van der Waals surface area (Å²) in [6, 6.07) is 13.9. The van der Waals surface area contributed by atoms with Crippen LogP contribution in [0.25, 0.3) is 16.4 Å². The van der Waals surface area contributed by atoms with Gasteiger partial charge in [0, 0.05) is 10.0 Å². The first-order valence-electron chi connectivity index (χ1n) is 9.11. The van der Waals surface area contributed by atoms with Crippen molar-refractivity contribution in [2.45, 2.75) is 0 Å². The third-order valence-corrected chi connectivity index (χ3v) is 5.56. The molecule has 0 saturated heterocycles. The summed E-state index contributed by atoms with van der Waals surface area (Å²) in [7, 11) is 2.34. The van der Waals surface area contributed by atoms with Gasteiger partial charge in [0.05, 0.1) is 25.3 Å². The molecule has 0 aliphatic rings. The lowest BCUT2D eigenvalue weighted by Crippen LogP contribution is -2.15. The van der Waals surface area contributed by atoms with Gasteiger partial charge in [-0.2, -0.15) is 0 Å². The van der Waals surface area contributed by atoms with E-state index in [4.69, 9.17) is 9.47 Å². The van der Waals surface area contributed by atoms with Gasteiger partial charge in [0.2, 0.25) is 5.78 Å². The van der Waals surface area contributed by atoms with Crippen molar-refractivity contribution in [1.29, 1.82) is 0 Å². The molecule has 0 unspecified atom stereocenters. The molecule has 0 fully saturated rings. The number of rotatable bonds is 4. The van der Waals surface area contributed by atoms with Crippen LogP contribution in [0.2, 0.25) is 0 Å². The van der Waals surface area contributed by atoms with E-state index in [1.54, 1.807) is 18.2 Å². The fourth-order valence-corrected chi connectivity index (χ4v) is 4.23. The van der Waals surface area contributed by atoms with Gasteiger partial charge < -0.3 is 13.9 Å². The van der Waals surface area contributed by atoms with Crippen LogP contribution in [0.4, 0.5) is 4.39 Å². The highest BCUT2D eigenvalue weighted by Gasteiger charge is 2.34. The van der Waals surface area contributed by atoms with E-state index in [0.29, 0.717) is 9.99 Å². The number of hydrogen-bond acceptors (Lipinski definition) is 5. The molecule has 2 aromatic carbocycles. The molecule has 8 heteroatoms. The summed E-state index contributed by atoms with van der Waals surface area (Å²) in [6.07, 6.45) is 0. The predicted molar refractivity (Wildman–Crippen MR) is 115 cm³/mol. The van der Waals surface area contributed by atoms with Crippen LogP contribution < -0.4 is 0 Å². The summed E-state index contributed by atoms with van der Waals surface area (Å²) < 4.78 is 25.3. The van der Waals surface area contributed by atoms with Crippen molar-refractivity contribution in [2.75, 3.05) is 14.2 Å². The van der Waals surface area contributed by atoms with Crippen molar-refractivity contribution in [3.63, 3.8) is 0 Å². The Morgan fingerprint density at radius 2 is 1.52 bits per heavy atom. The van der Waals surface area contributed by atoms with Gasteiger partial charge in [0.1, 0.15) is 22.6 Å². The van der Waals surface area contributed by atoms with Gasteiger partial charge in [0.15, 0.2) is 0 Å². The Bertz CT molecular complexity index is 1370. The molecule has 2 aromatic heterocycles. The second-order valence-corrected chi connectivity index (χ2v) is 7.51. The first-order valence-corrected chi connectivity index (χ1v) is 9.90. The van der Waals surface area contributed by atoms with Gasteiger partial charge >= 0.3 is 11.9 Å². The summed E-state index contributed by atoms with van der Waals surface area (Å²) in [6.45, 7) is 0. The second-order valence-electron chi connectivity index (χ2n) is 6.65. The van der Waals surface area contributed by atoms with E-state index >= 15 is 0 Å². The normalized spacial score (nSPS) is 11.0. The van der Waals surface area contributed by atoms with Crippen LogP contribution in [0.5, 0.6) is 0 Å². The Morgan fingerprint density at radius 1 is 0.903 bits per heavy atom. The average molecular weight is 484 g/mol. The van der Waals surface area contributed by atoms with E-state index in [2.05, 4.69) is 15.9 Å². The Kier molecular flexibility index (Phi) is 5.32. The largest absolute Gasteiger partial charge is 0.465 e. The molecule has 4 aromatic rings. The Labute approximate surface area is 184 Å². The molecule has 0 aliphatic carbocycles. The Hall–Kier alpha value is -3.52. The minimum absolute atomic E-state index is 0.0774. The van der Waals surface area contributed by atoms with E-state index in [0.717, 1.165) is 24.6 Å². The van der Waals surface area contributed by atoms with Crippen molar-refractivity contribution < 1.29 is 28.2 Å². The zero-order valence-corrected chi connectivity index (χ0v) is 18.0. The maximum Gasteiger partial charge on any atom is 0.341 e. The smallest absolute Gasteiger partial charge is 0.341 e. The first kappa shape index (κ1) is 20.7. The van der Waals surface area contributed by atoms with E-state index in [9.17, 15) is 18.8 Å². The third-order valence-electron chi connectivity index (χ3n) is 4.96. The minimum atomic E-state index is -0.870. The average Bonchev–Trinajstić information content (AvgIpc) is 3.15. The van der Waals surface area contributed by atoms with Crippen LogP contribution in [0.3, 0.4) is 0 Å².